The monoisotopic (exact) mass is 363 g/mol. The molecule has 0 spiro atoms. The lowest BCUT2D eigenvalue weighted by Gasteiger charge is -2.17. The fourth-order valence-corrected chi connectivity index (χ4v) is 3.49. The Morgan fingerprint density at radius 1 is 1.30 bits per heavy atom. The molecule has 0 saturated heterocycles. The van der Waals surface area contributed by atoms with E-state index in [1.54, 1.807) is 11.8 Å². The van der Waals surface area contributed by atoms with Gasteiger partial charge in [-0.25, -0.2) is 17.5 Å². The summed E-state index contributed by atoms with van der Waals surface area (Å²) < 4.78 is 44.6. The molecule has 0 saturated carbocycles. The molecule has 0 amide bonds. The molecule has 0 fully saturated rings. The third kappa shape index (κ3) is 7.81. The number of carbonyl (C=O) groups is 1. The van der Waals surface area contributed by atoms with Crippen molar-refractivity contribution in [2.75, 3.05) is 18.9 Å². The van der Waals surface area contributed by atoms with E-state index in [9.17, 15) is 17.6 Å². The number of benzene rings is 1. The average molecular weight is 363 g/mol. The molecule has 130 valence electrons. The van der Waals surface area contributed by atoms with Crippen LogP contribution < -0.4 is 4.72 Å². The van der Waals surface area contributed by atoms with Crippen molar-refractivity contribution in [2.45, 2.75) is 36.8 Å². The lowest BCUT2D eigenvalue weighted by atomic mass is 10.3. The molecule has 8 heteroatoms. The predicted octanol–water partition coefficient (Wildman–Crippen LogP) is 2.57. The lowest BCUT2D eigenvalue weighted by Crippen LogP contribution is -2.27. The Bertz CT molecular complexity index is 627. The maximum atomic E-state index is 13.5. The van der Waals surface area contributed by atoms with Crippen molar-refractivity contribution in [3.8, 4) is 0 Å². The van der Waals surface area contributed by atoms with E-state index in [-0.39, 0.29) is 24.3 Å². The molecular formula is C15H22FNO4S2. The fraction of sp³-hybridized carbons (Fsp3) is 0.533. The first-order valence-electron chi connectivity index (χ1n) is 7.15. The highest BCUT2D eigenvalue weighted by atomic mass is 32.2. The van der Waals surface area contributed by atoms with E-state index < -0.39 is 26.7 Å². The topological polar surface area (TPSA) is 72.5 Å². The summed E-state index contributed by atoms with van der Waals surface area (Å²) in [5.74, 6) is -0.645. The maximum absolute atomic E-state index is 13.5. The molecule has 23 heavy (non-hydrogen) atoms. The van der Waals surface area contributed by atoms with E-state index in [0.717, 1.165) is 6.07 Å². The molecule has 1 N–H and O–H groups in total. The molecule has 0 bridgehead atoms. The van der Waals surface area contributed by atoms with Crippen LogP contribution in [0.4, 0.5) is 4.39 Å². The van der Waals surface area contributed by atoms with Crippen LogP contribution in [0.3, 0.4) is 0 Å². The minimum atomic E-state index is -3.97. The molecule has 0 aliphatic heterocycles. The van der Waals surface area contributed by atoms with Crippen molar-refractivity contribution in [1.82, 2.24) is 4.72 Å². The molecule has 1 rings (SSSR count). The first-order chi connectivity index (χ1) is 10.6. The minimum Gasteiger partial charge on any atom is -0.465 e. The second kappa shape index (κ2) is 8.65. The Balaban J connectivity index is 2.33. The van der Waals surface area contributed by atoms with Gasteiger partial charge in [0.2, 0.25) is 10.0 Å². The highest BCUT2D eigenvalue weighted by molar-refractivity contribution is 8.00. The van der Waals surface area contributed by atoms with Gasteiger partial charge in [-0.1, -0.05) is 32.9 Å². The average Bonchev–Trinajstić information content (AvgIpc) is 2.42. The number of sulfonamides is 1. The smallest absolute Gasteiger partial charge is 0.307 e. The van der Waals surface area contributed by atoms with Gasteiger partial charge in [0, 0.05) is 17.0 Å². The summed E-state index contributed by atoms with van der Waals surface area (Å²) in [6.07, 6.45) is -0.103. The first-order valence-corrected chi connectivity index (χ1v) is 9.62. The second-order valence-corrected chi connectivity index (χ2v) is 9.42. The van der Waals surface area contributed by atoms with Crippen LogP contribution >= 0.6 is 11.8 Å². The molecule has 0 aliphatic carbocycles. The highest BCUT2D eigenvalue weighted by Crippen LogP contribution is 2.22. The van der Waals surface area contributed by atoms with Crippen molar-refractivity contribution in [2.24, 2.45) is 0 Å². The molecule has 0 aromatic heterocycles. The van der Waals surface area contributed by atoms with Crippen molar-refractivity contribution in [1.29, 1.82) is 0 Å². The van der Waals surface area contributed by atoms with Gasteiger partial charge in [-0.3, -0.25) is 4.79 Å². The summed E-state index contributed by atoms with van der Waals surface area (Å²) >= 11 is 1.67. The zero-order valence-electron chi connectivity index (χ0n) is 13.5. The van der Waals surface area contributed by atoms with Gasteiger partial charge in [0.25, 0.3) is 0 Å². The molecule has 0 atom stereocenters. The summed E-state index contributed by atoms with van der Waals surface area (Å²) in [6.45, 7) is 6.34. The Kier molecular flexibility index (Phi) is 7.50. The van der Waals surface area contributed by atoms with E-state index in [1.807, 2.05) is 0 Å². The molecule has 1 aromatic carbocycles. The predicted molar refractivity (Wildman–Crippen MR) is 89.4 cm³/mol. The van der Waals surface area contributed by atoms with Gasteiger partial charge >= 0.3 is 5.97 Å². The van der Waals surface area contributed by atoms with Gasteiger partial charge in [-0.15, -0.1) is 0 Å². The Hall–Kier alpha value is -1.12. The fourth-order valence-electron chi connectivity index (χ4n) is 1.60. The van der Waals surface area contributed by atoms with E-state index in [4.69, 9.17) is 4.74 Å². The molecule has 0 heterocycles. The normalized spacial score (nSPS) is 12.2. The van der Waals surface area contributed by atoms with Crippen molar-refractivity contribution < 1.29 is 22.3 Å². The number of hydrogen-bond acceptors (Lipinski definition) is 5. The summed E-state index contributed by atoms with van der Waals surface area (Å²) in [5, 5.41) is 0. The molecular weight excluding hydrogens is 341 g/mol. The van der Waals surface area contributed by atoms with E-state index in [0.29, 0.717) is 5.75 Å². The number of esters is 1. The number of rotatable bonds is 8. The Labute approximate surface area is 141 Å². The quantitative estimate of drug-likeness (QED) is 0.568. The second-order valence-electron chi connectivity index (χ2n) is 5.76. The van der Waals surface area contributed by atoms with E-state index in [2.05, 4.69) is 25.5 Å². The zero-order valence-corrected chi connectivity index (χ0v) is 15.1. The van der Waals surface area contributed by atoms with Crippen LogP contribution in [0, 0.1) is 5.82 Å². The molecule has 0 radical (unpaired) electrons. The summed E-state index contributed by atoms with van der Waals surface area (Å²) in [7, 11) is -3.97. The summed E-state index contributed by atoms with van der Waals surface area (Å²) in [4.78, 5) is 11.1. The number of nitrogens with one attached hydrogen (secondary N) is 1. The first kappa shape index (κ1) is 19.9. The summed E-state index contributed by atoms with van der Waals surface area (Å²) in [6, 6.07) is 5.07. The van der Waals surface area contributed by atoms with E-state index in [1.165, 1.54) is 18.2 Å². The van der Waals surface area contributed by atoms with Crippen LogP contribution in [0.1, 0.15) is 27.2 Å². The number of hydrogen-bond donors (Lipinski definition) is 1. The van der Waals surface area contributed by atoms with Gasteiger partial charge in [0.1, 0.15) is 17.3 Å². The van der Waals surface area contributed by atoms with E-state index >= 15 is 0 Å². The van der Waals surface area contributed by atoms with Gasteiger partial charge in [0.15, 0.2) is 0 Å². The standard InChI is InChI=1S/C15H22FNO4S2/c1-15(2,3)22-11-10-21-14(18)8-9-17-23(19,20)13-7-5-4-6-12(13)16/h4-7,17H,8-11H2,1-3H3. The SMILES string of the molecule is CC(C)(C)SCCOC(=O)CCNS(=O)(=O)c1ccccc1F. The van der Waals surface area contributed by atoms with Crippen LogP contribution in [0.25, 0.3) is 0 Å². The molecule has 0 unspecified atom stereocenters. The Morgan fingerprint density at radius 3 is 2.57 bits per heavy atom. The van der Waals surface area contributed by atoms with Crippen LogP contribution in [0.2, 0.25) is 0 Å². The minimum absolute atomic E-state index is 0.0990. The maximum Gasteiger partial charge on any atom is 0.307 e. The largest absolute Gasteiger partial charge is 0.465 e. The molecule has 0 aliphatic rings. The van der Waals surface area contributed by atoms with Crippen molar-refractivity contribution in [3.63, 3.8) is 0 Å². The third-order valence-corrected chi connectivity index (χ3v) is 5.36. The van der Waals surface area contributed by atoms with Crippen LogP contribution in [0.5, 0.6) is 0 Å². The van der Waals surface area contributed by atoms with Crippen molar-refractivity contribution >= 4 is 27.8 Å². The van der Waals surface area contributed by atoms with Crippen LogP contribution in [-0.4, -0.2) is 38.0 Å². The van der Waals surface area contributed by atoms with Gasteiger partial charge in [-0.05, 0) is 12.1 Å². The zero-order chi connectivity index (χ0) is 17.5. The number of carbonyl (C=O) groups excluding carboxylic acids is 1. The lowest BCUT2D eigenvalue weighted by molar-refractivity contribution is -0.142. The van der Waals surface area contributed by atoms with Crippen molar-refractivity contribution in [3.05, 3.63) is 30.1 Å². The van der Waals surface area contributed by atoms with Gasteiger partial charge in [0.05, 0.1) is 6.42 Å². The number of halogens is 1. The number of thioether (sulfide) groups is 1. The van der Waals surface area contributed by atoms with Crippen LogP contribution in [-0.2, 0) is 19.6 Å². The third-order valence-electron chi connectivity index (χ3n) is 2.63. The summed E-state index contributed by atoms with van der Waals surface area (Å²) in [5.41, 5.74) is 0. The number of ether oxygens (including phenoxy) is 1. The van der Waals surface area contributed by atoms with Crippen LogP contribution in [0.15, 0.2) is 29.2 Å². The molecule has 1 aromatic rings. The highest BCUT2D eigenvalue weighted by Gasteiger charge is 2.18. The van der Waals surface area contributed by atoms with Gasteiger partial charge < -0.3 is 4.74 Å². The Morgan fingerprint density at radius 2 is 1.96 bits per heavy atom. The molecule has 5 nitrogen and oxygen atoms in total. The van der Waals surface area contributed by atoms with Gasteiger partial charge in [-0.2, -0.15) is 11.8 Å².